The largest absolute Gasteiger partial charge is 0.379 e. The van der Waals surface area contributed by atoms with E-state index in [9.17, 15) is 0 Å². The van der Waals surface area contributed by atoms with Gasteiger partial charge in [-0.05, 0) is 31.8 Å². The standard InChI is InChI=1S/C13H20Cl2N2O/c1-17(2)6-8-18-7-5-16-10-11-3-4-12(14)9-13(11)15/h3-4,9,16H,5-8,10H2,1-2H3. The Hall–Kier alpha value is -0.320. The van der Waals surface area contributed by atoms with Gasteiger partial charge in [0.1, 0.15) is 0 Å². The van der Waals surface area contributed by atoms with Gasteiger partial charge in [0.05, 0.1) is 13.2 Å². The average Bonchev–Trinajstić information content (AvgIpc) is 2.30. The summed E-state index contributed by atoms with van der Waals surface area (Å²) in [5.41, 5.74) is 1.05. The number of nitrogens with one attached hydrogen (secondary N) is 1. The summed E-state index contributed by atoms with van der Waals surface area (Å²) in [5.74, 6) is 0. The van der Waals surface area contributed by atoms with Crippen molar-refractivity contribution in [2.75, 3.05) is 40.4 Å². The molecule has 0 saturated carbocycles. The summed E-state index contributed by atoms with van der Waals surface area (Å²) in [5, 5.41) is 4.64. The van der Waals surface area contributed by atoms with Crippen molar-refractivity contribution < 1.29 is 4.74 Å². The fraction of sp³-hybridized carbons (Fsp3) is 0.538. The third kappa shape index (κ3) is 6.57. The molecule has 0 aliphatic carbocycles. The number of nitrogens with zero attached hydrogens (tertiary/aromatic N) is 1. The molecule has 0 heterocycles. The van der Waals surface area contributed by atoms with Gasteiger partial charge in [0, 0.05) is 29.7 Å². The molecule has 0 aliphatic rings. The number of likely N-dealkylation sites (N-methyl/N-ethyl adjacent to an activating group) is 1. The highest BCUT2D eigenvalue weighted by Crippen LogP contribution is 2.20. The zero-order chi connectivity index (χ0) is 13.4. The van der Waals surface area contributed by atoms with Crippen LogP contribution in [0.25, 0.3) is 0 Å². The second kappa shape index (κ2) is 8.73. The number of rotatable bonds is 8. The fourth-order valence-electron chi connectivity index (χ4n) is 1.38. The van der Waals surface area contributed by atoms with E-state index in [-0.39, 0.29) is 0 Å². The molecule has 0 fully saturated rings. The molecular weight excluding hydrogens is 271 g/mol. The van der Waals surface area contributed by atoms with Gasteiger partial charge in [0.25, 0.3) is 0 Å². The molecule has 0 radical (unpaired) electrons. The molecule has 0 spiro atoms. The predicted octanol–water partition coefficient (Wildman–Crippen LogP) is 2.66. The fourth-order valence-corrected chi connectivity index (χ4v) is 1.86. The summed E-state index contributed by atoms with van der Waals surface area (Å²) < 4.78 is 5.47. The van der Waals surface area contributed by atoms with Crippen LogP contribution in [0.2, 0.25) is 10.0 Å². The first kappa shape index (κ1) is 15.7. The van der Waals surface area contributed by atoms with Gasteiger partial charge in [0.2, 0.25) is 0 Å². The van der Waals surface area contributed by atoms with Crippen molar-refractivity contribution >= 4 is 23.2 Å². The zero-order valence-electron chi connectivity index (χ0n) is 10.9. The van der Waals surface area contributed by atoms with Crippen LogP contribution in [-0.2, 0) is 11.3 Å². The minimum atomic E-state index is 0.663. The van der Waals surface area contributed by atoms with E-state index < -0.39 is 0 Å². The Morgan fingerprint density at radius 3 is 2.67 bits per heavy atom. The lowest BCUT2D eigenvalue weighted by atomic mass is 10.2. The van der Waals surface area contributed by atoms with E-state index >= 15 is 0 Å². The number of ether oxygens (including phenoxy) is 1. The molecule has 0 aliphatic heterocycles. The molecular formula is C13H20Cl2N2O. The Morgan fingerprint density at radius 1 is 1.22 bits per heavy atom. The van der Waals surface area contributed by atoms with E-state index in [4.69, 9.17) is 27.9 Å². The molecule has 0 amide bonds. The smallest absolute Gasteiger partial charge is 0.0593 e. The molecule has 0 saturated heterocycles. The van der Waals surface area contributed by atoms with Gasteiger partial charge >= 0.3 is 0 Å². The summed E-state index contributed by atoms with van der Waals surface area (Å²) in [4.78, 5) is 2.10. The van der Waals surface area contributed by atoms with Crippen LogP contribution < -0.4 is 5.32 Å². The van der Waals surface area contributed by atoms with Crippen molar-refractivity contribution in [1.29, 1.82) is 0 Å². The highest BCUT2D eigenvalue weighted by atomic mass is 35.5. The number of hydrogen-bond donors (Lipinski definition) is 1. The molecule has 3 nitrogen and oxygen atoms in total. The van der Waals surface area contributed by atoms with Crippen LogP contribution in [0.4, 0.5) is 0 Å². The summed E-state index contributed by atoms with van der Waals surface area (Å²) in [7, 11) is 4.06. The number of benzene rings is 1. The van der Waals surface area contributed by atoms with Crippen molar-refractivity contribution in [2.45, 2.75) is 6.54 Å². The second-order valence-electron chi connectivity index (χ2n) is 4.33. The first-order valence-electron chi connectivity index (χ1n) is 5.96. The quantitative estimate of drug-likeness (QED) is 0.745. The van der Waals surface area contributed by atoms with Crippen LogP contribution >= 0.6 is 23.2 Å². The van der Waals surface area contributed by atoms with E-state index in [1.807, 2.05) is 26.2 Å². The minimum Gasteiger partial charge on any atom is -0.379 e. The summed E-state index contributed by atoms with van der Waals surface area (Å²) >= 11 is 11.9. The topological polar surface area (TPSA) is 24.5 Å². The van der Waals surface area contributed by atoms with E-state index in [2.05, 4.69) is 10.2 Å². The maximum absolute atomic E-state index is 6.07. The third-order valence-electron chi connectivity index (χ3n) is 2.44. The highest BCUT2D eigenvalue weighted by Gasteiger charge is 2.00. The molecule has 102 valence electrons. The molecule has 1 aromatic rings. The Labute approximate surface area is 119 Å². The van der Waals surface area contributed by atoms with Crippen LogP contribution in [0.3, 0.4) is 0 Å². The summed E-state index contributed by atoms with van der Waals surface area (Å²) in [6, 6.07) is 5.54. The van der Waals surface area contributed by atoms with Crippen molar-refractivity contribution in [3.63, 3.8) is 0 Å². The van der Waals surface area contributed by atoms with Gasteiger partial charge in [0.15, 0.2) is 0 Å². The average molecular weight is 291 g/mol. The first-order valence-corrected chi connectivity index (χ1v) is 6.72. The Bertz CT molecular complexity index is 359. The number of halogens is 2. The van der Waals surface area contributed by atoms with Crippen LogP contribution in [0, 0.1) is 0 Å². The van der Waals surface area contributed by atoms with E-state index in [0.29, 0.717) is 16.7 Å². The summed E-state index contributed by atoms with van der Waals surface area (Å²) in [6.07, 6.45) is 0. The van der Waals surface area contributed by atoms with Crippen molar-refractivity contribution in [1.82, 2.24) is 10.2 Å². The molecule has 0 bridgehead atoms. The highest BCUT2D eigenvalue weighted by molar-refractivity contribution is 6.35. The molecule has 18 heavy (non-hydrogen) atoms. The van der Waals surface area contributed by atoms with Crippen molar-refractivity contribution in [3.05, 3.63) is 33.8 Å². The van der Waals surface area contributed by atoms with Crippen LogP contribution in [-0.4, -0.2) is 45.3 Å². The number of hydrogen-bond acceptors (Lipinski definition) is 3. The molecule has 0 atom stereocenters. The normalized spacial score (nSPS) is 11.2. The van der Waals surface area contributed by atoms with Crippen LogP contribution in [0.5, 0.6) is 0 Å². The van der Waals surface area contributed by atoms with Crippen molar-refractivity contribution in [3.8, 4) is 0 Å². The summed E-state index contributed by atoms with van der Waals surface area (Å²) in [6.45, 7) is 3.96. The molecule has 1 rings (SSSR count). The van der Waals surface area contributed by atoms with Crippen LogP contribution in [0.15, 0.2) is 18.2 Å². The molecule has 0 aromatic heterocycles. The molecule has 0 unspecified atom stereocenters. The SMILES string of the molecule is CN(C)CCOCCNCc1ccc(Cl)cc1Cl. The second-order valence-corrected chi connectivity index (χ2v) is 5.17. The predicted molar refractivity (Wildman–Crippen MR) is 77.5 cm³/mol. The van der Waals surface area contributed by atoms with Gasteiger partial charge in [-0.25, -0.2) is 0 Å². The van der Waals surface area contributed by atoms with E-state index in [1.54, 1.807) is 6.07 Å². The van der Waals surface area contributed by atoms with Gasteiger partial charge in [-0.2, -0.15) is 0 Å². The molecule has 1 N–H and O–H groups in total. The van der Waals surface area contributed by atoms with Crippen LogP contribution in [0.1, 0.15) is 5.56 Å². The lowest BCUT2D eigenvalue weighted by Crippen LogP contribution is -2.23. The molecule has 5 heteroatoms. The Balaban J connectivity index is 2.11. The van der Waals surface area contributed by atoms with Gasteiger partial charge in [-0.3, -0.25) is 0 Å². The van der Waals surface area contributed by atoms with Crippen molar-refractivity contribution in [2.24, 2.45) is 0 Å². The first-order chi connectivity index (χ1) is 8.59. The Kier molecular flexibility index (Phi) is 7.63. The Morgan fingerprint density at radius 2 is 2.00 bits per heavy atom. The van der Waals surface area contributed by atoms with E-state index in [1.165, 1.54) is 0 Å². The van der Waals surface area contributed by atoms with Gasteiger partial charge < -0.3 is 15.0 Å². The lowest BCUT2D eigenvalue weighted by Gasteiger charge is -2.10. The molecule has 1 aromatic carbocycles. The van der Waals surface area contributed by atoms with Gasteiger partial charge in [-0.15, -0.1) is 0 Å². The zero-order valence-corrected chi connectivity index (χ0v) is 12.4. The third-order valence-corrected chi connectivity index (χ3v) is 3.02. The lowest BCUT2D eigenvalue weighted by molar-refractivity contribution is 0.119. The van der Waals surface area contributed by atoms with E-state index in [0.717, 1.165) is 31.8 Å². The maximum Gasteiger partial charge on any atom is 0.0593 e. The monoisotopic (exact) mass is 290 g/mol. The minimum absolute atomic E-state index is 0.663. The maximum atomic E-state index is 6.07. The van der Waals surface area contributed by atoms with Gasteiger partial charge in [-0.1, -0.05) is 29.3 Å².